The van der Waals surface area contributed by atoms with Crippen LogP contribution in [0.1, 0.15) is 70.4 Å². The Morgan fingerprint density at radius 2 is 1.46 bits per heavy atom. The van der Waals surface area contributed by atoms with Gasteiger partial charge in [0.2, 0.25) is 5.69 Å². The van der Waals surface area contributed by atoms with Crippen molar-refractivity contribution in [2.45, 2.75) is 70.1 Å². The second kappa shape index (κ2) is 16.4. The molecule has 2 atom stereocenters. The first-order valence-corrected chi connectivity index (χ1v) is 19.0. The number of benzene rings is 2. The Morgan fingerprint density at radius 3 is 2.10 bits per heavy atom. The van der Waals surface area contributed by atoms with Crippen LogP contribution in [0.25, 0.3) is 0 Å². The predicted molar refractivity (Wildman–Crippen MR) is 181 cm³/mol. The van der Waals surface area contributed by atoms with Gasteiger partial charge in [-0.15, -0.1) is 0 Å². The minimum absolute atomic E-state index is 0. The Labute approximate surface area is 306 Å². The van der Waals surface area contributed by atoms with E-state index in [1.807, 2.05) is 72.2 Å². The summed E-state index contributed by atoms with van der Waals surface area (Å²) in [6.07, 6.45) is 11.6. The summed E-state index contributed by atoms with van der Waals surface area (Å²) in [5.41, 5.74) is 4.87. The molecule has 0 saturated carbocycles. The number of hydrogen-bond donors (Lipinski definition) is 1. The van der Waals surface area contributed by atoms with Crippen LogP contribution in [0, 0.1) is 0 Å². The van der Waals surface area contributed by atoms with Crippen molar-refractivity contribution in [2.24, 2.45) is 0 Å². The summed E-state index contributed by atoms with van der Waals surface area (Å²) in [4.78, 5) is 13.5. The Morgan fingerprint density at radius 1 is 0.854 bits per heavy atom. The molecule has 0 spiro atoms. The first-order chi connectivity index (χ1) is 22.1. The Hall–Kier alpha value is -2.58. The van der Waals surface area contributed by atoms with Gasteiger partial charge in [0.15, 0.2) is 5.71 Å². The van der Waals surface area contributed by atoms with Crippen LogP contribution in [0.15, 0.2) is 84.6 Å². The number of anilines is 1. The number of nitrogens with zero attached hydrogens (tertiary/aromatic N) is 2. The maximum Gasteiger partial charge on any atom is 1.00 e. The Bertz CT molecular complexity index is 1840. The maximum absolute atomic E-state index is 11.4. The van der Waals surface area contributed by atoms with Gasteiger partial charge in [-0.25, -0.2) is 16.8 Å². The van der Waals surface area contributed by atoms with E-state index in [-0.39, 0.29) is 60.8 Å². The molecule has 0 saturated heterocycles. The third kappa shape index (κ3) is 9.35. The number of rotatable bonds is 16. The zero-order chi connectivity index (χ0) is 34.5. The molecule has 2 aromatic carbocycles. The summed E-state index contributed by atoms with van der Waals surface area (Å²) < 4.78 is 70.4. The molecule has 4 rings (SSSR count). The van der Waals surface area contributed by atoms with E-state index in [4.69, 9.17) is 0 Å². The van der Waals surface area contributed by atoms with Gasteiger partial charge in [-0.05, 0) is 64.2 Å². The second-order valence-electron chi connectivity index (χ2n) is 12.5. The van der Waals surface area contributed by atoms with Gasteiger partial charge >= 0.3 is 35.5 Å². The molecule has 0 radical (unpaired) electrons. The van der Waals surface area contributed by atoms with Crippen LogP contribution in [0.4, 0.5) is 11.4 Å². The summed E-state index contributed by atoms with van der Waals surface area (Å²) in [6, 6.07) is 15.8. The molecular formula is C35H43N2NaO8S2. The number of fused-ring (bicyclic) bond motifs is 2. The van der Waals surface area contributed by atoms with Crippen molar-refractivity contribution in [2.75, 3.05) is 29.5 Å². The fourth-order valence-corrected chi connectivity index (χ4v) is 8.07. The van der Waals surface area contributed by atoms with Crippen LogP contribution in [0.2, 0.25) is 0 Å². The summed E-state index contributed by atoms with van der Waals surface area (Å²) in [5, 5.41) is 9.27. The minimum Gasteiger partial charge on any atom is -0.748 e. The average Bonchev–Trinajstić information content (AvgIpc) is 3.36. The fraction of sp³-hybridized carbons (Fsp3) is 0.429. The third-order valence-electron chi connectivity index (χ3n) is 9.25. The number of carbonyl (C=O) groups is 1. The quantitative estimate of drug-likeness (QED) is 0.120. The molecule has 2 aliphatic rings. The van der Waals surface area contributed by atoms with Gasteiger partial charge in [0.05, 0.1) is 25.7 Å². The molecule has 0 amide bonds. The average molecular weight is 707 g/mol. The van der Waals surface area contributed by atoms with E-state index in [9.17, 15) is 35.8 Å². The van der Waals surface area contributed by atoms with Crippen LogP contribution >= 0.6 is 0 Å². The topological polar surface area (TPSA) is 158 Å². The molecule has 2 aliphatic heterocycles. The van der Waals surface area contributed by atoms with E-state index in [0.717, 1.165) is 40.5 Å². The van der Waals surface area contributed by atoms with Crippen LogP contribution < -0.4 is 34.5 Å². The Balaban J connectivity index is 0.00000625. The molecular weight excluding hydrogens is 664 g/mol. The van der Waals surface area contributed by atoms with Crippen molar-refractivity contribution in [3.8, 4) is 0 Å². The summed E-state index contributed by atoms with van der Waals surface area (Å²) >= 11 is 0. The van der Waals surface area contributed by atoms with Crippen LogP contribution in [-0.4, -0.2) is 71.9 Å². The van der Waals surface area contributed by atoms with E-state index in [1.54, 1.807) is 0 Å². The molecule has 10 nitrogen and oxygen atoms in total. The van der Waals surface area contributed by atoms with Gasteiger partial charge in [0, 0.05) is 65.4 Å². The normalized spacial score (nSPS) is 21.7. The van der Waals surface area contributed by atoms with Crippen molar-refractivity contribution in [1.29, 1.82) is 0 Å². The Kier molecular flexibility index (Phi) is 13.6. The van der Waals surface area contributed by atoms with Crippen LogP contribution in [0.3, 0.4) is 0 Å². The zero-order valence-corrected chi connectivity index (χ0v) is 31.7. The van der Waals surface area contributed by atoms with Gasteiger partial charge in [0.1, 0.15) is 6.54 Å². The number of likely N-dealkylation sites (N-methyl/N-ethyl adjacent to an activating group) is 1. The smallest absolute Gasteiger partial charge is 0.748 e. The fourth-order valence-electron chi connectivity index (χ4n) is 7.09. The van der Waals surface area contributed by atoms with Gasteiger partial charge in [-0.3, -0.25) is 4.79 Å². The van der Waals surface area contributed by atoms with E-state index >= 15 is 0 Å². The number of para-hydroxylation sites is 2. The van der Waals surface area contributed by atoms with Gasteiger partial charge in [-0.2, -0.15) is 4.58 Å². The molecule has 0 fully saturated rings. The predicted octanol–water partition coefficient (Wildman–Crippen LogP) is 2.36. The van der Waals surface area contributed by atoms with Gasteiger partial charge in [0.25, 0.3) is 0 Å². The van der Waals surface area contributed by atoms with Crippen LogP contribution in [0.5, 0.6) is 0 Å². The van der Waals surface area contributed by atoms with Gasteiger partial charge < -0.3 is 19.1 Å². The maximum atomic E-state index is 11.4. The number of allylic oxidation sites excluding steroid dienone is 6. The van der Waals surface area contributed by atoms with Crippen LogP contribution in [-0.2, 0) is 35.9 Å². The molecule has 2 unspecified atom stereocenters. The first kappa shape index (κ1) is 39.9. The molecule has 1 N–H and O–H groups in total. The summed E-state index contributed by atoms with van der Waals surface area (Å²) in [5.74, 6) is -1.83. The number of hydrogen-bond acceptors (Lipinski definition) is 8. The van der Waals surface area contributed by atoms with E-state index < -0.39 is 43.1 Å². The molecule has 2 heterocycles. The summed E-state index contributed by atoms with van der Waals surface area (Å²) in [7, 11) is -8.81. The van der Waals surface area contributed by atoms with Crippen molar-refractivity contribution in [1.82, 2.24) is 0 Å². The largest absolute Gasteiger partial charge is 1.00 e. The number of carboxylic acids is 1. The molecule has 0 aliphatic carbocycles. The van der Waals surface area contributed by atoms with Crippen molar-refractivity contribution >= 4 is 43.3 Å². The van der Waals surface area contributed by atoms with E-state index in [0.29, 0.717) is 19.3 Å². The number of aliphatic carboxylic acids is 1. The molecule has 0 bridgehead atoms. The number of carboxylic acid groups (broad SMARTS) is 1. The molecule has 2 aromatic rings. The third-order valence-corrected chi connectivity index (χ3v) is 10.8. The van der Waals surface area contributed by atoms with Gasteiger partial charge in [-0.1, -0.05) is 54.6 Å². The monoisotopic (exact) mass is 706 g/mol. The van der Waals surface area contributed by atoms with E-state index in [1.165, 1.54) is 0 Å². The first-order valence-electron chi connectivity index (χ1n) is 15.9. The SMILES string of the molecule is CCN1/C(=C/C=C/C=C/C2=[N+](CCCS(=O)(=O)[O-])c3ccccc3C2(C)CCCS(=O)(=O)[O-])C(C)(CCCC(=O)O)c2ccccc21.[Na+]. The van der Waals surface area contributed by atoms with E-state index in [2.05, 4.69) is 37.0 Å². The zero-order valence-electron chi connectivity index (χ0n) is 28.1. The molecule has 254 valence electrons. The molecule has 48 heavy (non-hydrogen) atoms. The van der Waals surface area contributed by atoms with Crippen molar-refractivity contribution < 1.29 is 70.0 Å². The molecule has 13 heteroatoms. The standard InChI is InChI=1S/C35H44N2O8S2.Na/c1-4-36-29-17-10-8-15-27(29)34(2,22-12-21-33(38)39)31(36)19-6-5-7-20-32-35(3,23-13-25-46(40,41)42)28-16-9-11-18-30(28)37(32)24-14-26-47(43,44)45;/h5-11,15-20H,4,12-14,21-26H2,1-3H3,(H2-,38,39,40,41,42,43,44,45);/q;+1/p-1. The van der Waals surface area contributed by atoms with Crippen molar-refractivity contribution in [3.05, 3.63) is 95.7 Å². The summed E-state index contributed by atoms with van der Waals surface area (Å²) in [6.45, 7) is 7.22. The second-order valence-corrected chi connectivity index (χ2v) is 15.6. The van der Waals surface area contributed by atoms with Crippen molar-refractivity contribution in [3.63, 3.8) is 0 Å². The minimum atomic E-state index is -4.40. The molecule has 0 aromatic heterocycles.